The van der Waals surface area contributed by atoms with E-state index >= 15 is 0 Å². The number of halogens is 4. The molecule has 0 radical (unpaired) electrons. The average Bonchev–Trinajstić information content (AvgIpc) is 2.09. The molecular formula is C9H6ClF3O3. The van der Waals surface area contributed by atoms with Gasteiger partial charge in [-0.3, -0.25) is 4.79 Å². The predicted octanol–water partition coefficient (Wildman–Crippen LogP) is 2.71. The van der Waals surface area contributed by atoms with Crippen molar-refractivity contribution in [3.8, 4) is 5.75 Å². The van der Waals surface area contributed by atoms with E-state index in [9.17, 15) is 18.0 Å². The molecule has 1 N–H and O–H groups in total. The number of carbonyl (C=O) groups is 1. The number of hydrogen-bond donors (Lipinski definition) is 1. The van der Waals surface area contributed by atoms with Gasteiger partial charge in [-0.05, 0) is 12.1 Å². The van der Waals surface area contributed by atoms with E-state index in [1.54, 1.807) is 0 Å². The van der Waals surface area contributed by atoms with Crippen LogP contribution in [0.15, 0.2) is 12.1 Å². The maximum absolute atomic E-state index is 13.2. The summed E-state index contributed by atoms with van der Waals surface area (Å²) in [6, 6.07) is 1.83. The molecule has 0 aliphatic carbocycles. The monoisotopic (exact) mass is 254 g/mol. The van der Waals surface area contributed by atoms with E-state index in [4.69, 9.17) is 16.7 Å². The quantitative estimate of drug-likeness (QED) is 0.899. The first-order valence-corrected chi connectivity index (χ1v) is 4.42. The number of ether oxygens (including phenoxy) is 1. The molecule has 1 aromatic rings. The number of hydrogen-bond acceptors (Lipinski definition) is 2. The Morgan fingerprint density at radius 2 is 2.12 bits per heavy atom. The lowest BCUT2D eigenvalue weighted by molar-refractivity contribution is -0.136. The van der Waals surface area contributed by atoms with Crippen molar-refractivity contribution in [1.29, 1.82) is 0 Å². The van der Waals surface area contributed by atoms with Crippen molar-refractivity contribution in [3.63, 3.8) is 0 Å². The number of rotatable bonds is 4. The summed E-state index contributed by atoms with van der Waals surface area (Å²) in [7, 11) is 0. The molecule has 0 bridgehead atoms. The second kappa shape index (κ2) is 5.07. The Balaban J connectivity index is 3.15. The Kier molecular flexibility index (Phi) is 4.00. The highest BCUT2D eigenvalue weighted by Crippen LogP contribution is 2.28. The fourth-order valence-electron chi connectivity index (χ4n) is 1.13. The number of benzene rings is 1. The first-order chi connectivity index (χ1) is 7.40. The van der Waals surface area contributed by atoms with Gasteiger partial charge in [0.05, 0.1) is 6.42 Å². The van der Waals surface area contributed by atoms with Gasteiger partial charge in [-0.15, -0.1) is 0 Å². The van der Waals surface area contributed by atoms with E-state index in [1.807, 2.05) is 0 Å². The highest BCUT2D eigenvalue weighted by atomic mass is 35.5. The summed E-state index contributed by atoms with van der Waals surface area (Å²) in [5.74, 6) is -3.22. The molecule has 0 fully saturated rings. The van der Waals surface area contributed by atoms with Gasteiger partial charge in [0.1, 0.15) is 0 Å². The maximum Gasteiger partial charge on any atom is 0.387 e. The summed E-state index contributed by atoms with van der Waals surface area (Å²) in [4.78, 5) is 10.4. The van der Waals surface area contributed by atoms with E-state index in [0.717, 1.165) is 12.1 Å². The largest absolute Gasteiger partial charge is 0.481 e. The van der Waals surface area contributed by atoms with Crippen LogP contribution >= 0.6 is 11.6 Å². The molecule has 0 atom stereocenters. The van der Waals surface area contributed by atoms with Crippen LogP contribution in [0.2, 0.25) is 5.02 Å². The van der Waals surface area contributed by atoms with Gasteiger partial charge in [-0.1, -0.05) is 11.6 Å². The highest BCUT2D eigenvalue weighted by Gasteiger charge is 2.18. The van der Waals surface area contributed by atoms with Gasteiger partial charge in [0.15, 0.2) is 11.6 Å². The minimum atomic E-state index is -3.23. The third kappa shape index (κ3) is 3.30. The van der Waals surface area contributed by atoms with E-state index in [2.05, 4.69) is 4.74 Å². The Hall–Kier alpha value is -1.43. The van der Waals surface area contributed by atoms with Crippen molar-refractivity contribution in [2.75, 3.05) is 0 Å². The van der Waals surface area contributed by atoms with Crippen LogP contribution < -0.4 is 4.74 Å². The lowest BCUT2D eigenvalue weighted by Gasteiger charge is -2.10. The van der Waals surface area contributed by atoms with Crippen molar-refractivity contribution < 1.29 is 27.8 Å². The summed E-state index contributed by atoms with van der Waals surface area (Å²) in [6.45, 7) is -3.23. The van der Waals surface area contributed by atoms with Crippen molar-refractivity contribution in [1.82, 2.24) is 0 Å². The van der Waals surface area contributed by atoms with Crippen molar-refractivity contribution in [2.24, 2.45) is 0 Å². The lowest BCUT2D eigenvalue weighted by atomic mass is 10.1. The second-order valence-corrected chi connectivity index (χ2v) is 3.26. The first-order valence-electron chi connectivity index (χ1n) is 4.04. The van der Waals surface area contributed by atoms with E-state index in [-0.39, 0.29) is 10.6 Å². The molecule has 1 aromatic carbocycles. The first kappa shape index (κ1) is 12.6. The van der Waals surface area contributed by atoms with Gasteiger partial charge in [0.25, 0.3) is 0 Å². The van der Waals surface area contributed by atoms with Crippen LogP contribution in [0.5, 0.6) is 5.75 Å². The van der Waals surface area contributed by atoms with E-state index < -0.39 is 30.6 Å². The van der Waals surface area contributed by atoms with Gasteiger partial charge in [-0.2, -0.15) is 8.78 Å². The molecule has 0 amide bonds. The summed E-state index contributed by atoms with van der Waals surface area (Å²) < 4.78 is 41.0. The van der Waals surface area contributed by atoms with Crippen LogP contribution in [-0.4, -0.2) is 17.7 Å². The van der Waals surface area contributed by atoms with Gasteiger partial charge < -0.3 is 9.84 Å². The van der Waals surface area contributed by atoms with Gasteiger partial charge >= 0.3 is 12.6 Å². The summed E-state index contributed by atoms with van der Waals surface area (Å²) in [5.41, 5.74) is -0.238. The Labute approximate surface area is 93.4 Å². The molecule has 3 nitrogen and oxygen atoms in total. The van der Waals surface area contributed by atoms with E-state index in [0.29, 0.717) is 0 Å². The number of carboxylic acid groups (broad SMARTS) is 1. The molecule has 0 aliphatic heterocycles. The summed E-state index contributed by atoms with van der Waals surface area (Å²) in [5, 5.41) is 8.41. The molecule has 0 spiro atoms. The Bertz CT molecular complexity index is 409. The van der Waals surface area contributed by atoms with Crippen LogP contribution in [0.3, 0.4) is 0 Å². The standard InChI is InChI=1S/C9H6ClF3O3/c10-5-1-4(2-7(14)15)8(6(11)3-5)16-9(12)13/h1,3,9H,2H2,(H,14,15). The molecule has 0 heterocycles. The summed E-state index contributed by atoms with van der Waals surface area (Å²) in [6.07, 6.45) is -0.653. The zero-order valence-electron chi connectivity index (χ0n) is 7.71. The van der Waals surface area contributed by atoms with Crippen molar-refractivity contribution in [3.05, 3.63) is 28.5 Å². The predicted molar refractivity (Wildman–Crippen MR) is 49.4 cm³/mol. The van der Waals surface area contributed by atoms with Crippen LogP contribution in [-0.2, 0) is 11.2 Å². The molecule has 0 aliphatic rings. The van der Waals surface area contributed by atoms with Gasteiger partial charge in [0.2, 0.25) is 0 Å². The van der Waals surface area contributed by atoms with Crippen molar-refractivity contribution in [2.45, 2.75) is 13.0 Å². The fourth-order valence-corrected chi connectivity index (χ4v) is 1.36. The Morgan fingerprint density at radius 1 is 1.50 bits per heavy atom. The minimum Gasteiger partial charge on any atom is -0.481 e. The van der Waals surface area contributed by atoms with Crippen LogP contribution in [0.4, 0.5) is 13.2 Å². The zero-order valence-corrected chi connectivity index (χ0v) is 8.47. The molecule has 88 valence electrons. The smallest absolute Gasteiger partial charge is 0.387 e. The molecule has 0 saturated heterocycles. The molecule has 0 saturated carbocycles. The molecule has 0 aromatic heterocycles. The minimum absolute atomic E-state index is 0.0876. The lowest BCUT2D eigenvalue weighted by Crippen LogP contribution is -2.09. The SMILES string of the molecule is O=C(O)Cc1cc(Cl)cc(F)c1OC(F)F. The number of aliphatic carboxylic acids is 1. The van der Waals surface area contributed by atoms with Gasteiger partial charge in [0, 0.05) is 10.6 Å². The molecule has 16 heavy (non-hydrogen) atoms. The third-order valence-corrected chi connectivity index (χ3v) is 1.85. The van der Waals surface area contributed by atoms with Crippen LogP contribution in [0.25, 0.3) is 0 Å². The number of carboxylic acids is 1. The van der Waals surface area contributed by atoms with Crippen LogP contribution in [0, 0.1) is 5.82 Å². The average molecular weight is 255 g/mol. The molecule has 1 rings (SSSR count). The topological polar surface area (TPSA) is 46.5 Å². The molecule has 0 unspecified atom stereocenters. The fraction of sp³-hybridized carbons (Fsp3) is 0.222. The molecule has 7 heteroatoms. The maximum atomic E-state index is 13.2. The van der Waals surface area contributed by atoms with E-state index in [1.165, 1.54) is 0 Å². The van der Waals surface area contributed by atoms with Crippen molar-refractivity contribution >= 4 is 17.6 Å². The normalized spacial score (nSPS) is 10.6. The third-order valence-electron chi connectivity index (χ3n) is 1.63. The van der Waals surface area contributed by atoms with Crippen LogP contribution in [0.1, 0.15) is 5.56 Å². The van der Waals surface area contributed by atoms with Gasteiger partial charge in [-0.25, -0.2) is 4.39 Å². The molecular weight excluding hydrogens is 249 g/mol. The summed E-state index contributed by atoms with van der Waals surface area (Å²) >= 11 is 5.47. The Morgan fingerprint density at radius 3 is 2.62 bits per heavy atom. The highest BCUT2D eigenvalue weighted by molar-refractivity contribution is 6.30. The second-order valence-electron chi connectivity index (χ2n) is 2.82. The number of alkyl halides is 2. The zero-order chi connectivity index (χ0) is 12.3.